The van der Waals surface area contributed by atoms with Gasteiger partial charge in [0.05, 0.1) is 24.4 Å². The predicted molar refractivity (Wildman–Crippen MR) is 100 cm³/mol. The van der Waals surface area contributed by atoms with Crippen LogP contribution >= 0.6 is 0 Å². The lowest BCUT2D eigenvalue weighted by Crippen LogP contribution is -2.48. The van der Waals surface area contributed by atoms with Gasteiger partial charge in [-0.1, -0.05) is 44.2 Å². The van der Waals surface area contributed by atoms with Crippen LogP contribution < -0.4 is 5.32 Å². The summed E-state index contributed by atoms with van der Waals surface area (Å²) in [5, 5.41) is 8.12. The SMILES string of the molecule is CCc1nn(C)cc1CNC[C@@H]1OCCN(CC)[C@H]1c1ccccc1. The minimum atomic E-state index is 0.165. The smallest absolute Gasteiger partial charge is 0.0896 e. The predicted octanol–water partition coefficient (Wildman–Crippen LogP) is 2.53. The number of aromatic nitrogens is 2. The summed E-state index contributed by atoms with van der Waals surface area (Å²) in [5.41, 5.74) is 3.80. The lowest BCUT2D eigenvalue weighted by Gasteiger charge is -2.41. The number of morpholine rings is 1. The molecule has 0 unspecified atom stereocenters. The van der Waals surface area contributed by atoms with Gasteiger partial charge >= 0.3 is 0 Å². The van der Waals surface area contributed by atoms with Crippen molar-refractivity contribution in [2.45, 2.75) is 39.0 Å². The Morgan fingerprint density at radius 2 is 2.04 bits per heavy atom. The van der Waals surface area contributed by atoms with E-state index in [4.69, 9.17) is 4.74 Å². The van der Waals surface area contributed by atoms with Crippen molar-refractivity contribution in [3.05, 3.63) is 53.3 Å². The lowest BCUT2D eigenvalue weighted by molar-refractivity contribution is -0.0694. The van der Waals surface area contributed by atoms with Crippen LogP contribution in [0.2, 0.25) is 0 Å². The van der Waals surface area contributed by atoms with E-state index in [2.05, 4.69) is 65.7 Å². The molecule has 2 atom stereocenters. The molecule has 0 spiro atoms. The molecule has 0 saturated carbocycles. The van der Waals surface area contributed by atoms with Gasteiger partial charge in [0, 0.05) is 38.4 Å². The van der Waals surface area contributed by atoms with Crippen LogP contribution in [0.15, 0.2) is 36.5 Å². The molecule has 0 aliphatic carbocycles. The van der Waals surface area contributed by atoms with Crippen LogP contribution in [0.5, 0.6) is 0 Å². The zero-order chi connectivity index (χ0) is 17.6. The van der Waals surface area contributed by atoms with Crippen molar-refractivity contribution in [1.29, 1.82) is 0 Å². The van der Waals surface area contributed by atoms with Crippen LogP contribution in [0.4, 0.5) is 0 Å². The summed E-state index contributed by atoms with van der Waals surface area (Å²) in [6.07, 6.45) is 3.24. The van der Waals surface area contributed by atoms with Gasteiger partial charge < -0.3 is 10.1 Å². The number of hydrogen-bond acceptors (Lipinski definition) is 4. The van der Waals surface area contributed by atoms with E-state index >= 15 is 0 Å². The molecule has 0 amide bonds. The number of rotatable bonds is 7. The average Bonchev–Trinajstić information content (AvgIpc) is 3.02. The molecule has 1 aliphatic heterocycles. The molecule has 1 aliphatic rings. The number of likely N-dealkylation sites (N-methyl/N-ethyl adjacent to an activating group) is 1. The lowest BCUT2D eigenvalue weighted by atomic mass is 9.98. The quantitative estimate of drug-likeness (QED) is 0.840. The first-order valence-corrected chi connectivity index (χ1v) is 9.35. The van der Waals surface area contributed by atoms with Crippen LogP contribution in [0.3, 0.4) is 0 Å². The highest BCUT2D eigenvalue weighted by molar-refractivity contribution is 5.21. The number of hydrogen-bond donors (Lipinski definition) is 1. The molecule has 1 N–H and O–H groups in total. The van der Waals surface area contributed by atoms with E-state index in [9.17, 15) is 0 Å². The van der Waals surface area contributed by atoms with E-state index in [0.29, 0.717) is 6.04 Å². The van der Waals surface area contributed by atoms with Gasteiger partial charge in [0.25, 0.3) is 0 Å². The highest BCUT2D eigenvalue weighted by Gasteiger charge is 2.32. The minimum absolute atomic E-state index is 0.165. The van der Waals surface area contributed by atoms with Crippen LogP contribution in [-0.4, -0.2) is 47.0 Å². The summed E-state index contributed by atoms with van der Waals surface area (Å²) >= 11 is 0. The van der Waals surface area contributed by atoms with E-state index < -0.39 is 0 Å². The molecule has 1 saturated heterocycles. The van der Waals surface area contributed by atoms with Crippen molar-refractivity contribution in [1.82, 2.24) is 20.0 Å². The fourth-order valence-corrected chi connectivity index (χ4v) is 3.77. The van der Waals surface area contributed by atoms with Gasteiger partial charge in [0.1, 0.15) is 0 Å². The molecule has 5 heteroatoms. The molecule has 1 aromatic carbocycles. The Hall–Kier alpha value is -1.69. The van der Waals surface area contributed by atoms with Crippen molar-refractivity contribution in [2.24, 2.45) is 7.05 Å². The number of benzene rings is 1. The third-order valence-electron chi connectivity index (χ3n) is 4.99. The van der Waals surface area contributed by atoms with Gasteiger partial charge in [-0.3, -0.25) is 9.58 Å². The topological polar surface area (TPSA) is 42.3 Å². The molecule has 1 fully saturated rings. The third-order valence-corrected chi connectivity index (χ3v) is 4.99. The molecule has 2 heterocycles. The average molecular weight is 342 g/mol. The van der Waals surface area contributed by atoms with Crippen molar-refractivity contribution < 1.29 is 4.74 Å². The molecular formula is C20H30N4O. The Labute approximate surface area is 151 Å². The zero-order valence-electron chi connectivity index (χ0n) is 15.6. The largest absolute Gasteiger partial charge is 0.374 e. The number of nitrogens with one attached hydrogen (secondary N) is 1. The first-order valence-electron chi connectivity index (χ1n) is 9.35. The molecule has 5 nitrogen and oxygen atoms in total. The highest BCUT2D eigenvalue weighted by Crippen LogP contribution is 2.29. The second-order valence-corrected chi connectivity index (χ2v) is 6.65. The van der Waals surface area contributed by atoms with Crippen molar-refractivity contribution in [3.8, 4) is 0 Å². The van der Waals surface area contributed by atoms with E-state index in [1.165, 1.54) is 16.8 Å². The molecular weight excluding hydrogens is 312 g/mol. The van der Waals surface area contributed by atoms with E-state index in [1.54, 1.807) is 0 Å². The highest BCUT2D eigenvalue weighted by atomic mass is 16.5. The Kier molecular flexibility index (Phi) is 6.24. The van der Waals surface area contributed by atoms with Crippen molar-refractivity contribution in [2.75, 3.05) is 26.2 Å². The minimum Gasteiger partial charge on any atom is -0.374 e. The van der Waals surface area contributed by atoms with Gasteiger partial charge in [-0.15, -0.1) is 0 Å². The van der Waals surface area contributed by atoms with Gasteiger partial charge in [-0.05, 0) is 18.5 Å². The molecule has 0 radical (unpaired) electrons. The maximum absolute atomic E-state index is 6.15. The van der Waals surface area contributed by atoms with Crippen LogP contribution in [0.1, 0.15) is 36.7 Å². The molecule has 25 heavy (non-hydrogen) atoms. The number of ether oxygens (including phenoxy) is 1. The molecule has 2 aromatic rings. The normalized spacial score (nSPS) is 21.6. The van der Waals surface area contributed by atoms with Gasteiger partial charge in [-0.2, -0.15) is 5.10 Å². The fraction of sp³-hybridized carbons (Fsp3) is 0.550. The number of aryl methyl sites for hydroxylation is 2. The van der Waals surface area contributed by atoms with E-state index in [0.717, 1.165) is 39.2 Å². The third kappa shape index (κ3) is 4.29. The van der Waals surface area contributed by atoms with Gasteiger partial charge in [0.15, 0.2) is 0 Å². The van der Waals surface area contributed by atoms with Crippen LogP contribution in [0.25, 0.3) is 0 Å². The van der Waals surface area contributed by atoms with Gasteiger partial charge in [0.2, 0.25) is 0 Å². The summed E-state index contributed by atoms with van der Waals surface area (Å²) in [6, 6.07) is 11.0. The summed E-state index contributed by atoms with van der Waals surface area (Å²) in [7, 11) is 1.98. The first kappa shape index (κ1) is 18.1. The molecule has 0 bridgehead atoms. The van der Waals surface area contributed by atoms with Crippen molar-refractivity contribution in [3.63, 3.8) is 0 Å². The summed E-state index contributed by atoms with van der Waals surface area (Å²) < 4.78 is 8.05. The van der Waals surface area contributed by atoms with E-state index in [-0.39, 0.29) is 6.10 Å². The van der Waals surface area contributed by atoms with Crippen LogP contribution in [-0.2, 0) is 24.8 Å². The maximum atomic E-state index is 6.15. The monoisotopic (exact) mass is 342 g/mol. The Balaban J connectivity index is 1.66. The summed E-state index contributed by atoms with van der Waals surface area (Å²) in [5.74, 6) is 0. The standard InChI is InChI=1S/C20H30N4O/c1-4-18-17(15-23(3)22-18)13-21-14-19-20(16-9-7-6-8-10-16)24(5-2)11-12-25-19/h6-10,15,19-21H,4-5,11-14H2,1-3H3/t19-,20-/m0/s1. The van der Waals surface area contributed by atoms with Crippen molar-refractivity contribution >= 4 is 0 Å². The molecule has 1 aromatic heterocycles. The Morgan fingerprint density at radius 3 is 2.76 bits per heavy atom. The second kappa shape index (κ2) is 8.61. The second-order valence-electron chi connectivity index (χ2n) is 6.65. The molecule has 3 rings (SSSR count). The maximum Gasteiger partial charge on any atom is 0.0896 e. The Morgan fingerprint density at radius 1 is 1.24 bits per heavy atom. The van der Waals surface area contributed by atoms with E-state index in [1.807, 2.05) is 11.7 Å². The van der Waals surface area contributed by atoms with Crippen LogP contribution in [0, 0.1) is 0 Å². The molecule has 136 valence electrons. The Bertz CT molecular complexity index is 655. The van der Waals surface area contributed by atoms with Gasteiger partial charge in [-0.25, -0.2) is 0 Å². The first-order chi connectivity index (χ1) is 12.2. The fourth-order valence-electron chi connectivity index (χ4n) is 3.77. The zero-order valence-corrected chi connectivity index (χ0v) is 15.6. The summed E-state index contributed by atoms with van der Waals surface area (Å²) in [4.78, 5) is 2.52. The summed E-state index contributed by atoms with van der Waals surface area (Å²) in [6.45, 7) is 8.90. The number of nitrogens with zero attached hydrogens (tertiary/aromatic N) is 3.